The van der Waals surface area contributed by atoms with Gasteiger partial charge >= 0.3 is 0 Å². The molecule has 0 bridgehead atoms. The van der Waals surface area contributed by atoms with Crippen molar-refractivity contribution in [2.24, 2.45) is 5.41 Å². The van der Waals surface area contributed by atoms with Crippen molar-refractivity contribution >= 4 is 0 Å². The first-order valence-electron chi connectivity index (χ1n) is 7.14. The zero-order chi connectivity index (χ0) is 12.3. The molecule has 0 spiro atoms. The fraction of sp³-hybridized carbons (Fsp3) is 1.00. The molecule has 1 atom stereocenters. The van der Waals surface area contributed by atoms with Crippen molar-refractivity contribution in [2.75, 3.05) is 32.8 Å². The quantitative estimate of drug-likeness (QED) is 0.812. The van der Waals surface area contributed by atoms with Crippen LogP contribution in [0.2, 0.25) is 0 Å². The molecule has 0 aromatic heterocycles. The second kappa shape index (κ2) is 5.68. The van der Waals surface area contributed by atoms with Gasteiger partial charge in [0.25, 0.3) is 0 Å². The lowest BCUT2D eigenvalue weighted by atomic mass is 9.88. The average Bonchev–Trinajstić information content (AvgIpc) is 2.49. The number of hydrogen-bond acceptors (Lipinski definition) is 3. The van der Waals surface area contributed by atoms with E-state index in [1.807, 2.05) is 0 Å². The van der Waals surface area contributed by atoms with Crippen LogP contribution < -0.4 is 5.32 Å². The van der Waals surface area contributed by atoms with Crippen molar-refractivity contribution in [2.45, 2.75) is 52.1 Å². The second-order valence-electron chi connectivity index (χ2n) is 6.44. The molecule has 0 amide bonds. The summed E-state index contributed by atoms with van der Waals surface area (Å²) in [6, 6.07) is 1.42. The molecule has 17 heavy (non-hydrogen) atoms. The highest BCUT2D eigenvalue weighted by molar-refractivity contribution is 4.85. The largest absolute Gasteiger partial charge is 0.380 e. The normalized spacial score (nSPS) is 30.0. The molecule has 3 heteroatoms. The molecule has 1 unspecified atom stereocenters. The lowest BCUT2D eigenvalue weighted by Crippen LogP contribution is -2.49. The smallest absolute Gasteiger partial charge is 0.0554 e. The Balaban J connectivity index is 1.71. The zero-order valence-corrected chi connectivity index (χ0v) is 11.7. The van der Waals surface area contributed by atoms with Crippen LogP contribution in [0.4, 0.5) is 0 Å². The van der Waals surface area contributed by atoms with Gasteiger partial charge in [0.05, 0.1) is 13.2 Å². The van der Waals surface area contributed by atoms with Crippen molar-refractivity contribution in [3.05, 3.63) is 0 Å². The molecule has 0 aromatic rings. The molecule has 2 fully saturated rings. The van der Waals surface area contributed by atoms with Crippen LogP contribution in [0.3, 0.4) is 0 Å². The molecular weight excluding hydrogens is 212 g/mol. The Bertz CT molecular complexity index is 238. The maximum absolute atomic E-state index is 5.30. The van der Waals surface area contributed by atoms with Crippen LogP contribution in [0.1, 0.15) is 40.0 Å². The van der Waals surface area contributed by atoms with Crippen LogP contribution in [-0.4, -0.2) is 49.8 Å². The number of nitrogens with zero attached hydrogens (tertiary/aromatic N) is 1. The van der Waals surface area contributed by atoms with Crippen LogP contribution in [-0.2, 0) is 4.74 Å². The van der Waals surface area contributed by atoms with Crippen LogP contribution >= 0.6 is 0 Å². The Morgan fingerprint density at radius 2 is 2.06 bits per heavy atom. The van der Waals surface area contributed by atoms with Crippen molar-refractivity contribution in [3.63, 3.8) is 0 Å². The topological polar surface area (TPSA) is 24.5 Å². The van der Waals surface area contributed by atoms with Crippen molar-refractivity contribution in [3.8, 4) is 0 Å². The fourth-order valence-electron chi connectivity index (χ4n) is 2.78. The first-order valence-corrected chi connectivity index (χ1v) is 7.14. The minimum Gasteiger partial charge on any atom is -0.380 e. The van der Waals surface area contributed by atoms with Crippen molar-refractivity contribution < 1.29 is 4.74 Å². The third kappa shape index (κ3) is 3.67. The summed E-state index contributed by atoms with van der Waals surface area (Å²) in [7, 11) is 0. The number of nitrogens with one attached hydrogen (secondary N) is 1. The average molecular weight is 240 g/mol. The predicted octanol–water partition coefficient (Wildman–Crippen LogP) is 1.88. The minimum absolute atomic E-state index is 0.407. The van der Waals surface area contributed by atoms with E-state index in [9.17, 15) is 0 Å². The van der Waals surface area contributed by atoms with E-state index in [0.717, 1.165) is 25.8 Å². The standard InChI is InChI=1S/C14H28N2O/c1-12(2)16-7-4-5-13(6-8-16)15-9-14(3)10-17-11-14/h12-13,15H,4-11H2,1-3H3. The number of likely N-dealkylation sites (tertiary alicyclic amines) is 1. The van der Waals surface area contributed by atoms with Crippen LogP contribution in [0.5, 0.6) is 0 Å². The molecular formula is C14H28N2O. The fourth-order valence-corrected chi connectivity index (χ4v) is 2.78. The van der Waals surface area contributed by atoms with E-state index in [1.54, 1.807) is 0 Å². The molecule has 0 radical (unpaired) electrons. The second-order valence-corrected chi connectivity index (χ2v) is 6.44. The number of ether oxygens (including phenoxy) is 1. The van der Waals surface area contributed by atoms with E-state index in [2.05, 4.69) is 31.0 Å². The Labute approximate surface area is 106 Å². The SMILES string of the molecule is CC(C)N1CCCC(NCC2(C)COC2)CC1. The van der Waals surface area contributed by atoms with Gasteiger partial charge in [0.2, 0.25) is 0 Å². The van der Waals surface area contributed by atoms with Gasteiger partial charge in [-0.2, -0.15) is 0 Å². The van der Waals surface area contributed by atoms with E-state index in [1.165, 1.54) is 32.4 Å². The highest BCUT2D eigenvalue weighted by Crippen LogP contribution is 2.26. The summed E-state index contributed by atoms with van der Waals surface area (Å²) >= 11 is 0. The highest BCUT2D eigenvalue weighted by Gasteiger charge is 2.33. The molecule has 2 aliphatic heterocycles. The third-order valence-corrected chi connectivity index (χ3v) is 4.21. The number of rotatable bonds is 4. The van der Waals surface area contributed by atoms with Crippen molar-refractivity contribution in [1.82, 2.24) is 10.2 Å². The van der Waals surface area contributed by atoms with Gasteiger partial charge in [0.15, 0.2) is 0 Å². The van der Waals surface area contributed by atoms with Gasteiger partial charge in [-0.05, 0) is 46.2 Å². The first kappa shape index (κ1) is 13.3. The first-order chi connectivity index (χ1) is 8.09. The summed E-state index contributed by atoms with van der Waals surface area (Å²) < 4.78 is 5.30. The summed E-state index contributed by atoms with van der Waals surface area (Å²) in [5.41, 5.74) is 0.407. The van der Waals surface area contributed by atoms with Gasteiger partial charge in [-0.25, -0.2) is 0 Å². The van der Waals surface area contributed by atoms with Gasteiger partial charge in [0, 0.05) is 24.0 Å². The Kier molecular flexibility index (Phi) is 4.45. The zero-order valence-electron chi connectivity index (χ0n) is 11.7. The Morgan fingerprint density at radius 3 is 2.65 bits per heavy atom. The third-order valence-electron chi connectivity index (χ3n) is 4.21. The maximum atomic E-state index is 5.30. The van der Waals surface area contributed by atoms with E-state index >= 15 is 0 Å². The van der Waals surface area contributed by atoms with E-state index < -0.39 is 0 Å². The summed E-state index contributed by atoms with van der Waals surface area (Å²) in [5.74, 6) is 0. The van der Waals surface area contributed by atoms with Gasteiger partial charge in [-0.3, -0.25) is 0 Å². The molecule has 1 N–H and O–H groups in total. The Morgan fingerprint density at radius 1 is 1.29 bits per heavy atom. The molecule has 2 saturated heterocycles. The molecule has 100 valence electrons. The molecule has 2 rings (SSSR count). The van der Waals surface area contributed by atoms with E-state index in [0.29, 0.717) is 11.5 Å². The predicted molar refractivity (Wildman–Crippen MR) is 71.3 cm³/mol. The van der Waals surface area contributed by atoms with E-state index in [-0.39, 0.29) is 0 Å². The lowest BCUT2D eigenvalue weighted by molar-refractivity contribution is -0.100. The molecule has 2 heterocycles. The summed E-state index contributed by atoms with van der Waals surface area (Å²) in [6.45, 7) is 12.5. The summed E-state index contributed by atoms with van der Waals surface area (Å²) in [4.78, 5) is 2.61. The van der Waals surface area contributed by atoms with Gasteiger partial charge in [-0.1, -0.05) is 6.92 Å². The molecule has 0 aromatic carbocycles. The van der Waals surface area contributed by atoms with Gasteiger partial charge in [0.1, 0.15) is 0 Å². The molecule has 0 saturated carbocycles. The maximum Gasteiger partial charge on any atom is 0.0554 e. The Hall–Kier alpha value is -0.120. The van der Waals surface area contributed by atoms with Crippen LogP contribution in [0, 0.1) is 5.41 Å². The highest BCUT2D eigenvalue weighted by atomic mass is 16.5. The van der Waals surface area contributed by atoms with Crippen molar-refractivity contribution in [1.29, 1.82) is 0 Å². The molecule has 2 aliphatic rings. The number of hydrogen-bond donors (Lipinski definition) is 1. The molecule has 0 aliphatic carbocycles. The molecule has 3 nitrogen and oxygen atoms in total. The lowest BCUT2D eigenvalue weighted by Gasteiger charge is -2.39. The minimum atomic E-state index is 0.407. The summed E-state index contributed by atoms with van der Waals surface area (Å²) in [6.07, 6.45) is 3.97. The van der Waals surface area contributed by atoms with Gasteiger partial charge < -0.3 is 15.0 Å². The van der Waals surface area contributed by atoms with Crippen LogP contribution in [0.25, 0.3) is 0 Å². The summed E-state index contributed by atoms with van der Waals surface area (Å²) in [5, 5.41) is 3.76. The monoisotopic (exact) mass is 240 g/mol. The van der Waals surface area contributed by atoms with Crippen LogP contribution in [0.15, 0.2) is 0 Å². The van der Waals surface area contributed by atoms with E-state index in [4.69, 9.17) is 4.74 Å². The van der Waals surface area contributed by atoms with Gasteiger partial charge in [-0.15, -0.1) is 0 Å².